The Kier molecular flexibility index (Phi) is 10.4. The molecule has 0 aliphatic heterocycles. The van der Waals surface area contributed by atoms with Gasteiger partial charge in [0.1, 0.15) is 12.6 Å². The molecule has 220 valence electrons. The van der Waals surface area contributed by atoms with Crippen molar-refractivity contribution in [2.24, 2.45) is 0 Å². The number of hydrogen-bond acceptors (Lipinski definition) is 6. The van der Waals surface area contributed by atoms with E-state index in [2.05, 4.69) is 5.32 Å². The zero-order valence-corrected chi connectivity index (χ0v) is 25.3. The van der Waals surface area contributed by atoms with Crippen LogP contribution in [0.1, 0.15) is 39.7 Å². The van der Waals surface area contributed by atoms with Crippen molar-refractivity contribution in [3.05, 3.63) is 84.4 Å². The highest BCUT2D eigenvalue weighted by atomic mass is 32.2. The van der Waals surface area contributed by atoms with Gasteiger partial charge in [-0.05, 0) is 57.0 Å². The van der Waals surface area contributed by atoms with Crippen molar-refractivity contribution in [2.75, 3.05) is 25.1 Å². The summed E-state index contributed by atoms with van der Waals surface area (Å²) in [6.07, 6.45) is 0.336. The van der Waals surface area contributed by atoms with Crippen molar-refractivity contribution < 1.29 is 27.5 Å². The van der Waals surface area contributed by atoms with Gasteiger partial charge in [-0.3, -0.25) is 13.9 Å². The van der Waals surface area contributed by atoms with Gasteiger partial charge in [0.2, 0.25) is 11.8 Å². The molecule has 3 aromatic rings. The molecule has 3 rings (SSSR count). The van der Waals surface area contributed by atoms with Crippen LogP contribution in [0.5, 0.6) is 11.5 Å². The molecule has 9 nitrogen and oxygen atoms in total. The van der Waals surface area contributed by atoms with E-state index in [1.165, 1.54) is 37.3 Å². The number of benzene rings is 3. The van der Waals surface area contributed by atoms with Gasteiger partial charge in [-0.1, -0.05) is 55.5 Å². The molecule has 0 aromatic heterocycles. The van der Waals surface area contributed by atoms with Gasteiger partial charge < -0.3 is 19.7 Å². The molecule has 0 spiro atoms. The normalized spacial score (nSPS) is 12.2. The molecule has 0 saturated carbocycles. The lowest BCUT2D eigenvalue weighted by atomic mass is 10.1. The molecular weight excluding hydrogens is 542 g/mol. The number of hydrogen-bond donors (Lipinski definition) is 1. The molecule has 2 amide bonds. The quantitative estimate of drug-likeness (QED) is 0.335. The van der Waals surface area contributed by atoms with E-state index < -0.39 is 34.1 Å². The highest BCUT2D eigenvalue weighted by molar-refractivity contribution is 7.92. The lowest BCUT2D eigenvalue weighted by molar-refractivity contribution is -0.141. The van der Waals surface area contributed by atoms with Crippen LogP contribution in [0.25, 0.3) is 0 Å². The van der Waals surface area contributed by atoms with E-state index in [1.807, 2.05) is 58.0 Å². The second kappa shape index (κ2) is 13.5. The predicted molar refractivity (Wildman–Crippen MR) is 159 cm³/mol. The maximum atomic E-state index is 14.1. The van der Waals surface area contributed by atoms with Crippen molar-refractivity contribution >= 4 is 27.5 Å². The number of carbonyl (C=O) groups is 2. The van der Waals surface area contributed by atoms with Crippen molar-refractivity contribution in [1.82, 2.24) is 10.2 Å². The first-order valence-corrected chi connectivity index (χ1v) is 14.8. The maximum Gasteiger partial charge on any atom is 0.264 e. The predicted octanol–water partition coefficient (Wildman–Crippen LogP) is 4.62. The van der Waals surface area contributed by atoms with E-state index in [-0.39, 0.29) is 23.0 Å². The Morgan fingerprint density at radius 1 is 0.878 bits per heavy atom. The number of ether oxygens (including phenoxy) is 2. The number of nitrogens with zero attached hydrogens (tertiary/aromatic N) is 2. The lowest BCUT2D eigenvalue weighted by Gasteiger charge is -2.34. The summed E-state index contributed by atoms with van der Waals surface area (Å²) in [4.78, 5) is 29.0. The lowest BCUT2D eigenvalue weighted by Crippen LogP contribution is -2.55. The summed E-state index contributed by atoms with van der Waals surface area (Å²) in [5.74, 6) is -0.120. The minimum absolute atomic E-state index is 0.0229. The van der Waals surface area contributed by atoms with Crippen LogP contribution < -0.4 is 19.1 Å². The van der Waals surface area contributed by atoms with Gasteiger partial charge in [0.05, 0.1) is 24.8 Å². The third kappa shape index (κ3) is 8.00. The highest BCUT2D eigenvalue weighted by Crippen LogP contribution is 2.34. The second-order valence-electron chi connectivity index (χ2n) is 10.5. The molecule has 1 N–H and O–H groups in total. The van der Waals surface area contributed by atoms with Crippen molar-refractivity contribution in [1.29, 1.82) is 0 Å². The second-order valence-corrected chi connectivity index (χ2v) is 12.4. The molecule has 0 heterocycles. The fourth-order valence-electron chi connectivity index (χ4n) is 4.38. The Hall–Kier alpha value is -4.05. The first-order chi connectivity index (χ1) is 19.4. The summed E-state index contributed by atoms with van der Waals surface area (Å²) in [6, 6.07) is 21.0. The van der Waals surface area contributed by atoms with Gasteiger partial charge in [0.25, 0.3) is 10.0 Å². The summed E-state index contributed by atoms with van der Waals surface area (Å²) in [5, 5.41) is 2.97. The monoisotopic (exact) mass is 581 g/mol. The van der Waals surface area contributed by atoms with Crippen LogP contribution in [0.3, 0.4) is 0 Å². The van der Waals surface area contributed by atoms with Crippen LogP contribution in [0.15, 0.2) is 83.8 Å². The first kappa shape index (κ1) is 31.5. The number of amides is 2. The highest BCUT2D eigenvalue weighted by Gasteiger charge is 2.34. The minimum atomic E-state index is -4.19. The Morgan fingerprint density at radius 3 is 2.00 bits per heavy atom. The molecule has 0 bridgehead atoms. The first-order valence-electron chi connectivity index (χ1n) is 13.4. The van der Waals surface area contributed by atoms with Gasteiger partial charge in [0.15, 0.2) is 11.5 Å². The molecule has 0 unspecified atom stereocenters. The molecular formula is C31H39N3O6S. The van der Waals surface area contributed by atoms with Gasteiger partial charge in [0, 0.05) is 18.2 Å². The standard InChI is InChI=1S/C31H39N3O6S/c1-7-26(30(36)32-31(2,3)4)33(21-23-14-10-8-11-15-23)29(35)22-34(41(37,38)25-16-12-9-13-17-25)24-18-19-27(39-5)28(20-24)40-6/h8-20,26H,7,21-22H2,1-6H3,(H,32,36)/t26-/m1/s1. The van der Waals surface area contributed by atoms with Crippen LogP contribution >= 0.6 is 0 Å². The minimum Gasteiger partial charge on any atom is -0.493 e. The average molecular weight is 582 g/mol. The van der Waals surface area contributed by atoms with Crippen molar-refractivity contribution in [3.63, 3.8) is 0 Å². The number of sulfonamides is 1. The summed E-state index contributed by atoms with van der Waals surface area (Å²) in [6.45, 7) is 7.01. The van der Waals surface area contributed by atoms with Gasteiger partial charge in [-0.25, -0.2) is 8.42 Å². The van der Waals surface area contributed by atoms with E-state index in [0.29, 0.717) is 17.9 Å². The average Bonchev–Trinajstić information content (AvgIpc) is 2.95. The molecule has 10 heteroatoms. The van der Waals surface area contributed by atoms with Crippen LogP contribution in [-0.4, -0.2) is 57.5 Å². The molecule has 0 radical (unpaired) electrons. The summed E-state index contributed by atoms with van der Waals surface area (Å²) < 4.78 is 39.7. The third-order valence-corrected chi connectivity index (χ3v) is 8.13. The molecule has 41 heavy (non-hydrogen) atoms. The zero-order valence-electron chi connectivity index (χ0n) is 24.5. The largest absolute Gasteiger partial charge is 0.493 e. The van der Waals surface area contributed by atoms with E-state index >= 15 is 0 Å². The molecule has 1 atom stereocenters. The van der Waals surface area contributed by atoms with Crippen LogP contribution in [0.4, 0.5) is 5.69 Å². The van der Waals surface area contributed by atoms with Gasteiger partial charge in [-0.15, -0.1) is 0 Å². The summed E-state index contributed by atoms with van der Waals surface area (Å²) >= 11 is 0. The van der Waals surface area contributed by atoms with Crippen LogP contribution in [0.2, 0.25) is 0 Å². The van der Waals surface area contributed by atoms with Gasteiger partial charge in [-0.2, -0.15) is 0 Å². The molecule has 0 aliphatic carbocycles. The van der Waals surface area contributed by atoms with Crippen LogP contribution in [-0.2, 0) is 26.2 Å². The van der Waals surface area contributed by atoms with E-state index in [9.17, 15) is 18.0 Å². The van der Waals surface area contributed by atoms with E-state index in [1.54, 1.807) is 30.3 Å². The van der Waals surface area contributed by atoms with Crippen molar-refractivity contribution in [3.8, 4) is 11.5 Å². The molecule has 0 aliphatic rings. The van der Waals surface area contributed by atoms with E-state index in [4.69, 9.17) is 9.47 Å². The molecule has 0 fully saturated rings. The number of methoxy groups -OCH3 is 2. The SMILES string of the molecule is CC[C@H](C(=O)NC(C)(C)C)N(Cc1ccccc1)C(=O)CN(c1ccc(OC)c(OC)c1)S(=O)(=O)c1ccccc1. The fraction of sp³-hybridized carbons (Fsp3) is 0.355. The Labute approximate surface area is 243 Å². The maximum absolute atomic E-state index is 14.1. The van der Waals surface area contributed by atoms with Crippen molar-refractivity contribution in [2.45, 2.75) is 57.1 Å². The molecule has 3 aromatic carbocycles. The zero-order chi connectivity index (χ0) is 30.2. The summed E-state index contributed by atoms with van der Waals surface area (Å²) in [5.41, 5.74) is 0.507. The summed E-state index contributed by atoms with van der Waals surface area (Å²) in [7, 11) is -1.26. The topological polar surface area (TPSA) is 105 Å². The number of carbonyl (C=O) groups excluding carboxylic acids is 2. The number of nitrogens with one attached hydrogen (secondary N) is 1. The number of anilines is 1. The Bertz CT molecular complexity index is 1420. The number of rotatable bonds is 12. The van der Waals surface area contributed by atoms with E-state index in [0.717, 1.165) is 9.87 Å². The fourth-order valence-corrected chi connectivity index (χ4v) is 5.81. The third-order valence-electron chi connectivity index (χ3n) is 6.35. The van der Waals surface area contributed by atoms with Crippen LogP contribution in [0, 0.1) is 0 Å². The Morgan fingerprint density at radius 2 is 1.46 bits per heavy atom. The Balaban J connectivity index is 2.10. The van der Waals surface area contributed by atoms with Gasteiger partial charge >= 0.3 is 0 Å². The smallest absolute Gasteiger partial charge is 0.264 e. The molecule has 0 saturated heterocycles.